The van der Waals surface area contributed by atoms with E-state index in [1.54, 1.807) is 0 Å². The number of esters is 1. The fourth-order valence-electron chi connectivity index (χ4n) is 0.961. The molecule has 0 bridgehead atoms. The summed E-state index contributed by atoms with van der Waals surface area (Å²) in [5.41, 5.74) is 0. The Balaban J connectivity index is 3.65. The molecule has 15 heavy (non-hydrogen) atoms. The van der Waals surface area contributed by atoms with Crippen molar-refractivity contribution in [1.29, 1.82) is 0 Å². The van der Waals surface area contributed by atoms with Gasteiger partial charge in [0, 0.05) is 12.5 Å². The SMILES string of the molecule is CCCCOC(=O)/C=C/C(=O)CCCC. The van der Waals surface area contributed by atoms with Crippen LogP contribution in [0.3, 0.4) is 0 Å². The molecule has 0 aliphatic rings. The van der Waals surface area contributed by atoms with Gasteiger partial charge in [0.15, 0.2) is 5.78 Å². The predicted molar refractivity (Wildman–Crippen MR) is 59.5 cm³/mol. The topological polar surface area (TPSA) is 43.4 Å². The molecule has 0 rings (SSSR count). The van der Waals surface area contributed by atoms with Gasteiger partial charge >= 0.3 is 5.97 Å². The average molecular weight is 212 g/mol. The van der Waals surface area contributed by atoms with E-state index in [1.807, 2.05) is 13.8 Å². The normalized spacial score (nSPS) is 10.5. The highest BCUT2D eigenvalue weighted by molar-refractivity contribution is 5.95. The Bertz CT molecular complexity index is 219. The lowest BCUT2D eigenvalue weighted by Crippen LogP contribution is -2.03. The molecule has 0 spiro atoms. The Morgan fingerprint density at radius 2 is 1.73 bits per heavy atom. The van der Waals surface area contributed by atoms with Gasteiger partial charge < -0.3 is 4.74 Å². The van der Waals surface area contributed by atoms with Gasteiger partial charge in [-0.2, -0.15) is 0 Å². The Morgan fingerprint density at radius 1 is 1.07 bits per heavy atom. The van der Waals surface area contributed by atoms with Crippen LogP contribution in [0.15, 0.2) is 12.2 Å². The van der Waals surface area contributed by atoms with E-state index in [0.29, 0.717) is 13.0 Å². The lowest BCUT2D eigenvalue weighted by atomic mass is 10.2. The third-order valence-corrected chi connectivity index (χ3v) is 1.92. The van der Waals surface area contributed by atoms with Crippen LogP contribution < -0.4 is 0 Å². The fraction of sp³-hybridized carbons (Fsp3) is 0.667. The number of hydrogen-bond acceptors (Lipinski definition) is 3. The van der Waals surface area contributed by atoms with Crippen molar-refractivity contribution in [3.63, 3.8) is 0 Å². The summed E-state index contributed by atoms with van der Waals surface area (Å²) in [5, 5.41) is 0. The Kier molecular flexibility index (Phi) is 8.73. The summed E-state index contributed by atoms with van der Waals surface area (Å²) < 4.78 is 4.86. The molecular formula is C12H20O3. The minimum atomic E-state index is -0.423. The van der Waals surface area contributed by atoms with Gasteiger partial charge in [0.1, 0.15) is 0 Å². The monoisotopic (exact) mass is 212 g/mol. The molecule has 3 nitrogen and oxygen atoms in total. The van der Waals surface area contributed by atoms with Crippen LogP contribution in [0.4, 0.5) is 0 Å². The third kappa shape index (κ3) is 9.19. The highest BCUT2D eigenvalue weighted by Crippen LogP contribution is 1.96. The summed E-state index contributed by atoms with van der Waals surface area (Å²) in [4.78, 5) is 22.2. The summed E-state index contributed by atoms with van der Waals surface area (Å²) in [6.45, 7) is 4.48. The molecule has 0 atom stereocenters. The van der Waals surface area contributed by atoms with E-state index in [1.165, 1.54) is 12.2 Å². The van der Waals surface area contributed by atoms with Gasteiger partial charge in [0.25, 0.3) is 0 Å². The first-order chi connectivity index (χ1) is 7.20. The Labute approximate surface area is 91.5 Å². The van der Waals surface area contributed by atoms with E-state index in [0.717, 1.165) is 25.7 Å². The average Bonchev–Trinajstić information content (AvgIpc) is 2.24. The van der Waals surface area contributed by atoms with Crippen LogP contribution >= 0.6 is 0 Å². The standard InChI is InChI=1S/C12H20O3/c1-3-5-7-11(13)8-9-12(14)15-10-6-4-2/h8-9H,3-7,10H2,1-2H3/b9-8+. The van der Waals surface area contributed by atoms with Gasteiger partial charge in [-0.25, -0.2) is 4.79 Å². The maximum absolute atomic E-state index is 11.1. The molecule has 0 saturated heterocycles. The molecule has 0 unspecified atom stereocenters. The van der Waals surface area contributed by atoms with Crippen molar-refractivity contribution in [2.45, 2.75) is 46.0 Å². The summed E-state index contributed by atoms with van der Waals surface area (Å²) >= 11 is 0. The molecule has 0 saturated carbocycles. The van der Waals surface area contributed by atoms with Crippen LogP contribution in [0.5, 0.6) is 0 Å². The molecule has 0 amide bonds. The molecule has 0 fully saturated rings. The lowest BCUT2D eigenvalue weighted by Gasteiger charge is -1.98. The van der Waals surface area contributed by atoms with Crippen molar-refractivity contribution in [1.82, 2.24) is 0 Å². The van der Waals surface area contributed by atoms with Crippen LogP contribution in [0.25, 0.3) is 0 Å². The zero-order valence-electron chi connectivity index (χ0n) is 9.62. The van der Waals surface area contributed by atoms with E-state index < -0.39 is 5.97 Å². The maximum atomic E-state index is 11.1. The van der Waals surface area contributed by atoms with E-state index in [-0.39, 0.29) is 5.78 Å². The second-order valence-electron chi connectivity index (χ2n) is 3.42. The second-order valence-corrected chi connectivity index (χ2v) is 3.42. The van der Waals surface area contributed by atoms with Crippen LogP contribution in [0.1, 0.15) is 46.0 Å². The van der Waals surface area contributed by atoms with Crippen molar-refractivity contribution < 1.29 is 14.3 Å². The summed E-state index contributed by atoms with van der Waals surface area (Å²) in [7, 11) is 0. The quantitative estimate of drug-likeness (QED) is 0.353. The number of ketones is 1. The molecule has 3 heteroatoms. The van der Waals surface area contributed by atoms with Crippen molar-refractivity contribution in [2.24, 2.45) is 0 Å². The number of carbonyl (C=O) groups is 2. The minimum Gasteiger partial charge on any atom is -0.463 e. The molecule has 0 N–H and O–H groups in total. The Hall–Kier alpha value is -1.12. The number of unbranched alkanes of at least 4 members (excludes halogenated alkanes) is 2. The number of hydrogen-bond donors (Lipinski definition) is 0. The van der Waals surface area contributed by atoms with Crippen LogP contribution in [0.2, 0.25) is 0 Å². The van der Waals surface area contributed by atoms with Crippen LogP contribution in [-0.4, -0.2) is 18.4 Å². The number of carbonyl (C=O) groups excluding carboxylic acids is 2. The summed E-state index contributed by atoms with van der Waals surface area (Å²) in [6, 6.07) is 0. The van der Waals surface area contributed by atoms with Crippen LogP contribution in [0, 0.1) is 0 Å². The minimum absolute atomic E-state index is 0.00992. The van der Waals surface area contributed by atoms with Crippen molar-refractivity contribution in [2.75, 3.05) is 6.61 Å². The number of ether oxygens (including phenoxy) is 1. The largest absolute Gasteiger partial charge is 0.463 e. The highest BCUT2D eigenvalue weighted by Gasteiger charge is 1.99. The predicted octanol–water partition coefficient (Wildman–Crippen LogP) is 2.65. The first-order valence-corrected chi connectivity index (χ1v) is 5.58. The van der Waals surface area contributed by atoms with Gasteiger partial charge in [-0.1, -0.05) is 26.7 Å². The molecule has 0 aliphatic heterocycles. The van der Waals surface area contributed by atoms with Gasteiger partial charge in [-0.05, 0) is 18.9 Å². The summed E-state index contributed by atoms with van der Waals surface area (Å²) in [5.74, 6) is -0.433. The molecular weight excluding hydrogens is 192 g/mol. The van der Waals surface area contributed by atoms with Crippen LogP contribution in [-0.2, 0) is 14.3 Å². The second kappa shape index (κ2) is 9.44. The molecule has 86 valence electrons. The molecule has 0 radical (unpaired) electrons. The smallest absolute Gasteiger partial charge is 0.330 e. The highest BCUT2D eigenvalue weighted by atomic mass is 16.5. The van der Waals surface area contributed by atoms with E-state index >= 15 is 0 Å². The van der Waals surface area contributed by atoms with E-state index in [2.05, 4.69) is 0 Å². The molecule has 0 aromatic rings. The van der Waals surface area contributed by atoms with Crippen molar-refractivity contribution in [3.05, 3.63) is 12.2 Å². The number of rotatable bonds is 8. The summed E-state index contributed by atoms with van der Waals surface area (Å²) in [6.07, 6.45) is 6.75. The Morgan fingerprint density at radius 3 is 2.33 bits per heavy atom. The van der Waals surface area contributed by atoms with Crippen molar-refractivity contribution >= 4 is 11.8 Å². The first kappa shape index (κ1) is 13.9. The van der Waals surface area contributed by atoms with E-state index in [9.17, 15) is 9.59 Å². The number of allylic oxidation sites excluding steroid dienone is 1. The lowest BCUT2D eigenvalue weighted by molar-refractivity contribution is -0.138. The van der Waals surface area contributed by atoms with Gasteiger partial charge in [0.05, 0.1) is 6.61 Å². The molecule has 0 heterocycles. The van der Waals surface area contributed by atoms with Gasteiger partial charge in [-0.15, -0.1) is 0 Å². The van der Waals surface area contributed by atoms with Gasteiger partial charge in [-0.3, -0.25) is 4.79 Å². The third-order valence-electron chi connectivity index (χ3n) is 1.92. The maximum Gasteiger partial charge on any atom is 0.330 e. The molecule has 0 aromatic carbocycles. The van der Waals surface area contributed by atoms with E-state index in [4.69, 9.17) is 4.74 Å². The zero-order chi connectivity index (χ0) is 11.5. The van der Waals surface area contributed by atoms with Crippen molar-refractivity contribution in [3.8, 4) is 0 Å². The molecule has 0 aliphatic carbocycles. The fourth-order valence-corrected chi connectivity index (χ4v) is 0.961. The first-order valence-electron chi connectivity index (χ1n) is 5.58. The molecule has 0 aromatic heterocycles. The zero-order valence-corrected chi connectivity index (χ0v) is 9.62. The van der Waals surface area contributed by atoms with Gasteiger partial charge in [0.2, 0.25) is 0 Å².